The summed E-state index contributed by atoms with van der Waals surface area (Å²) in [5.74, 6) is 1.02. The Hall–Kier alpha value is -2.34. The van der Waals surface area contributed by atoms with Crippen molar-refractivity contribution in [2.75, 3.05) is 12.4 Å². The number of benzene rings is 1. The number of nitrogens with zero attached hydrogens (tertiary/aromatic N) is 1. The van der Waals surface area contributed by atoms with Crippen LogP contribution >= 0.6 is 11.8 Å². The van der Waals surface area contributed by atoms with E-state index in [0.717, 1.165) is 10.8 Å². The number of carbonyl (C=O) groups is 2. The maximum absolute atomic E-state index is 12.4. The van der Waals surface area contributed by atoms with E-state index in [4.69, 9.17) is 4.74 Å². The number of aromatic nitrogens is 1. The van der Waals surface area contributed by atoms with Gasteiger partial charge in [0.15, 0.2) is 5.78 Å². The molecule has 0 unspecified atom stereocenters. The second-order valence-corrected chi connectivity index (χ2v) is 6.30. The molecule has 0 spiro atoms. The van der Waals surface area contributed by atoms with Gasteiger partial charge >= 0.3 is 0 Å². The van der Waals surface area contributed by atoms with Crippen molar-refractivity contribution in [3.63, 3.8) is 0 Å². The number of pyridine rings is 1. The molecule has 2 heterocycles. The van der Waals surface area contributed by atoms with Crippen LogP contribution in [-0.4, -0.2) is 35.1 Å². The van der Waals surface area contributed by atoms with Gasteiger partial charge in [-0.2, -0.15) is 0 Å². The van der Waals surface area contributed by atoms with Gasteiger partial charge in [-0.15, -0.1) is 11.8 Å². The number of hydrogen-bond acceptors (Lipinski definition) is 5. The second kappa shape index (κ2) is 6.83. The van der Waals surface area contributed by atoms with E-state index in [1.807, 2.05) is 13.0 Å². The van der Waals surface area contributed by atoms with E-state index >= 15 is 0 Å². The third-order valence-electron chi connectivity index (χ3n) is 3.47. The van der Waals surface area contributed by atoms with E-state index in [1.165, 1.54) is 6.20 Å². The molecule has 2 aromatic rings. The van der Waals surface area contributed by atoms with Gasteiger partial charge < -0.3 is 10.1 Å². The summed E-state index contributed by atoms with van der Waals surface area (Å²) in [6.07, 6.45) is 1.52. The number of thioether (sulfide) groups is 1. The summed E-state index contributed by atoms with van der Waals surface area (Å²) in [6.45, 7) is 2.18. The predicted octanol–water partition coefficient (Wildman–Crippen LogP) is 2.57. The minimum absolute atomic E-state index is 0.133. The van der Waals surface area contributed by atoms with Crippen LogP contribution in [0.15, 0.2) is 47.6 Å². The Balaban J connectivity index is 1.70. The summed E-state index contributed by atoms with van der Waals surface area (Å²) >= 11 is 1.61. The minimum Gasteiger partial charge on any atom is -0.490 e. The van der Waals surface area contributed by atoms with Crippen LogP contribution in [0.4, 0.5) is 0 Å². The molecule has 23 heavy (non-hydrogen) atoms. The third-order valence-corrected chi connectivity index (χ3v) is 4.30. The molecule has 5 nitrogen and oxygen atoms in total. The first-order valence-electron chi connectivity index (χ1n) is 7.35. The average Bonchev–Trinajstić information content (AvgIpc) is 2.58. The van der Waals surface area contributed by atoms with Gasteiger partial charge in [0.05, 0.1) is 16.2 Å². The maximum Gasteiger partial charge on any atom is 0.253 e. The van der Waals surface area contributed by atoms with Crippen molar-refractivity contribution in [3.05, 3.63) is 53.7 Å². The molecule has 1 aliphatic heterocycles. The number of fused-ring (bicyclic) bond motifs is 1. The number of rotatable bonds is 4. The van der Waals surface area contributed by atoms with Crippen molar-refractivity contribution in [2.24, 2.45) is 0 Å². The fraction of sp³-hybridized carbons (Fsp3) is 0.235. The Bertz CT molecular complexity index is 731. The van der Waals surface area contributed by atoms with E-state index < -0.39 is 6.04 Å². The number of amides is 1. The minimum atomic E-state index is -0.679. The monoisotopic (exact) mass is 328 g/mol. The van der Waals surface area contributed by atoms with E-state index in [0.29, 0.717) is 16.9 Å². The van der Waals surface area contributed by atoms with Crippen LogP contribution < -0.4 is 10.1 Å². The lowest BCUT2D eigenvalue weighted by atomic mass is 10.0. The molecule has 1 aromatic heterocycles. The predicted molar refractivity (Wildman–Crippen MR) is 88.2 cm³/mol. The van der Waals surface area contributed by atoms with Crippen LogP contribution in [0.25, 0.3) is 0 Å². The van der Waals surface area contributed by atoms with Crippen LogP contribution in [0.5, 0.6) is 5.75 Å². The number of carbonyl (C=O) groups excluding carboxylic acids is 2. The molecular weight excluding hydrogens is 312 g/mol. The number of hydrogen-bond donors (Lipinski definition) is 1. The Morgan fingerprint density at radius 3 is 2.91 bits per heavy atom. The summed E-state index contributed by atoms with van der Waals surface area (Å²) in [7, 11) is 0. The molecule has 0 aliphatic carbocycles. The van der Waals surface area contributed by atoms with Crippen molar-refractivity contribution < 1.29 is 14.3 Å². The lowest BCUT2D eigenvalue weighted by Crippen LogP contribution is -2.47. The Morgan fingerprint density at radius 2 is 2.17 bits per heavy atom. The zero-order chi connectivity index (χ0) is 16.2. The number of para-hydroxylation sites is 1. The quantitative estimate of drug-likeness (QED) is 0.874. The molecular formula is C17H16N2O3S. The number of nitrogens with one attached hydrogen (secondary N) is 1. The van der Waals surface area contributed by atoms with Crippen LogP contribution in [0.3, 0.4) is 0 Å². The summed E-state index contributed by atoms with van der Waals surface area (Å²) in [4.78, 5) is 28.9. The number of Topliss-reactive ketones (excluding diaryl/α,β-unsaturated/α-hetero) is 1. The SMILES string of the molecule is CCSc1ccc(C(=O)N[C@@H]2COc3ccccc3C2=O)cn1. The topological polar surface area (TPSA) is 68.3 Å². The summed E-state index contributed by atoms with van der Waals surface area (Å²) in [5.41, 5.74) is 0.925. The molecule has 0 saturated carbocycles. The normalized spacial score (nSPS) is 16.4. The molecule has 0 radical (unpaired) electrons. The molecule has 1 aliphatic rings. The van der Waals surface area contributed by atoms with Crippen LogP contribution in [-0.2, 0) is 0 Å². The molecule has 1 amide bonds. The highest BCUT2D eigenvalue weighted by Gasteiger charge is 2.29. The molecule has 0 bridgehead atoms. The molecule has 0 saturated heterocycles. The van der Waals surface area contributed by atoms with Crippen molar-refractivity contribution in [2.45, 2.75) is 18.0 Å². The summed E-state index contributed by atoms with van der Waals surface area (Å²) in [6, 6.07) is 9.88. The van der Waals surface area contributed by atoms with Crippen molar-refractivity contribution in [3.8, 4) is 5.75 Å². The highest BCUT2D eigenvalue weighted by molar-refractivity contribution is 7.99. The third kappa shape index (κ3) is 3.37. The van der Waals surface area contributed by atoms with Gasteiger partial charge in [-0.3, -0.25) is 9.59 Å². The van der Waals surface area contributed by atoms with Gasteiger partial charge in [0.25, 0.3) is 5.91 Å². The first-order valence-corrected chi connectivity index (χ1v) is 8.33. The van der Waals surface area contributed by atoms with E-state index in [2.05, 4.69) is 10.3 Å². The van der Waals surface area contributed by atoms with E-state index in [9.17, 15) is 9.59 Å². The zero-order valence-electron chi connectivity index (χ0n) is 12.6. The van der Waals surface area contributed by atoms with Crippen molar-refractivity contribution in [1.29, 1.82) is 0 Å². The molecule has 0 fully saturated rings. The van der Waals surface area contributed by atoms with Crippen LogP contribution in [0.2, 0.25) is 0 Å². The fourth-order valence-electron chi connectivity index (χ4n) is 2.33. The Morgan fingerprint density at radius 1 is 1.35 bits per heavy atom. The smallest absolute Gasteiger partial charge is 0.253 e. The summed E-state index contributed by atoms with van der Waals surface area (Å²) < 4.78 is 5.54. The maximum atomic E-state index is 12.4. The lowest BCUT2D eigenvalue weighted by molar-refractivity contribution is 0.0795. The van der Waals surface area contributed by atoms with Gasteiger partial charge in [0.1, 0.15) is 18.4 Å². The van der Waals surface area contributed by atoms with Crippen LogP contribution in [0, 0.1) is 0 Å². The fourth-order valence-corrected chi connectivity index (χ4v) is 2.92. The standard InChI is InChI=1S/C17H16N2O3S/c1-2-23-15-8-7-11(9-18-15)17(21)19-13-10-22-14-6-4-3-5-12(14)16(13)20/h3-9,13H,2,10H2,1H3,(H,19,21)/t13-/m1/s1. The van der Waals surface area contributed by atoms with Crippen molar-refractivity contribution >= 4 is 23.5 Å². The van der Waals surface area contributed by atoms with Gasteiger partial charge in [0, 0.05) is 6.20 Å². The van der Waals surface area contributed by atoms with Gasteiger partial charge in [-0.05, 0) is 30.0 Å². The molecule has 1 aromatic carbocycles. The number of ether oxygens (including phenoxy) is 1. The molecule has 1 atom stereocenters. The zero-order valence-corrected chi connectivity index (χ0v) is 13.4. The highest BCUT2D eigenvalue weighted by Crippen LogP contribution is 2.24. The van der Waals surface area contributed by atoms with Gasteiger partial charge in [-0.1, -0.05) is 19.1 Å². The van der Waals surface area contributed by atoms with E-state index in [-0.39, 0.29) is 18.3 Å². The average molecular weight is 328 g/mol. The number of ketones is 1. The van der Waals surface area contributed by atoms with Gasteiger partial charge in [0.2, 0.25) is 0 Å². The molecule has 118 valence electrons. The largest absolute Gasteiger partial charge is 0.490 e. The van der Waals surface area contributed by atoms with Crippen LogP contribution in [0.1, 0.15) is 27.6 Å². The first-order chi connectivity index (χ1) is 11.2. The van der Waals surface area contributed by atoms with Gasteiger partial charge in [-0.25, -0.2) is 4.98 Å². The molecule has 1 N–H and O–H groups in total. The Kier molecular flexibility index (Phi) is 4.62. The van der Waals surface area contributed by atoms with E-state index in [1.54, 1.807) is 42.1 Å². The Labute approximate surface area is 138 Å². The highest BCUT2D eigenvalue weighted by atomic mass is 32.2. The first kappa shape index (κ1) is 15.6. The second-order valence-electron chi connectivity index (χ2n) is 5.02. The lowest BCUT2D eigenvalue weighted by Gasteiger charge is -2.24. The van der Waals surface area contributed by atoms with Crippen molar-refractivity contribution in [1.82, 2.24) is 10.3 Å². The summed E-state index contributed by atoms with van der Waals surface area (Å²) in [5, 5.41) is 3.59. The molecule has 3 rings (SSSR count). The molecule has 6 heteroatoms.